The van der Waals surface area contributed by atoms with Gasteiger partial charge in [-0.05, 0) is 25.5 Å². The van der Waals surface area contributed by atoms with E-state index >= 15 is 0 Å². The molecular formula is C14H18N5+. The Hall–Kier alpha value is -2.17. The normalized spacial score (nSPS) is 13.0. The molecule has 0 aliphatic heterocycles. The number of hydrogen-bond donors (Lipinski definition) is 2. The lowest BCUT2D eigenvalue weighted by Gasteiger charge is -2.11. The van der Waals surface area contributed by atoms with E-state index in [1.54, 1.807) is 0 Å². The Kier molecular flexibility index (Phi) is 2.81. The minimum absolute atomic E-state index is 0.370. The average molecular weight is 256 g/mol. The number of fused-ring (bicyclic) bond motifs is 3. The summed E-state index contributed by atoms with van der Waals surface area (Å²) < 4.78 is 2.10. The number of rotatable bonds is 3. The first-order valence-corrected chi connectivity index (χ1v) is 6.62. The number of benzene rings is 1. The Labute approximate surface area is 111 Å². The Morgan fingerprint density at radius 1 is 1.37 bits per heavy atom. The van der Waals surface area contributed by atoms with Gasteiger partial charge in [0.05, 0.1) is 0 Å². The molecule has 2 N–H and O–H groups in total. The van der Waals surface area contributed by atoms with Crippen LogP contribution < -0.4 is 9.72 Å². The Bertz CT molecular complexity index is 731. The predicted octanol–water partition coefficient (Wildman–Crippen LogP) is 2.22. The van der Waals surface area contributed by atoms with Crippen molar-refractivity contribution >= 4 is 22.5 Å². The topological polar surface area (TPSA) is 57.7 Å². The molecule has 2 heterocycles. The van der Waals surface area contributed by atoms with Crippen molar-refractivity contribution in [3.63, 3.8) is 0 Å². The van der Waals surface area contributed by atoms with Crippen LogP contribution in [0.25, 0.3) is 16.7 Å². The summed E-state index contributed by atoms with van der Waals surface area (Å²) in [4.78, 5) is 4.69. The van der Waals surface area contributed by atoms with E-state index < -0.39 is 0 Å². The van der Waals surface area contributed by atoms with Gasteiger partial charge in [-0.1, -0.05) is 19.1 Å². The number of aryl methyl sites for hydroxylation is 1. The lowest BCUT2D eigenvalue weighted by molar-refractivity contribution is -0.489. The molecule has 3 aromatic rings. The van der Waals surface area contributed by atoms with Crippen LogP contribution in [0, 0.1) is 6.92 Å². The first-order valence-electron chi connectivity index (χ1n) is 6.62. The van der Waals surface area contributed by atoms with Crippen LogP contribution in [0.15, 0.2) is 24.3 Å². The van der Waals surface area contributed by atoms with Crippen LogP contribution in [0.2, 0.25) is 0 Å². The van der Waals surface area contributed by atoms with Gasteiger partial charge >= 0.3 is 5.65 Å². The lowest BCUT2D eigenvalue weighted by Crippen LogP contribution is -2.27. The molecule has 2 aromatic heterocycles. The average Bonchev–Trinajstić information content (AvgIpc) is 2.82. The van der Waals surface area contributed by atoms with Crippen molar-refractivity contribution in [2.75, 3.05) is 5.32 Å². The maximum absolute atomic E-state index is 4.69. The van der Waals surface area contributed by atoms with Gasteiger partial charge in [-0.15, -0.1) is 5.10 Å². The number of aromatic nitrogens is 4. The zero-order valence-electron chi connectivity index (χ0n) is 11.4. The van der Waals surface area contributed by atoms with Gasteiger partial charge in [0.2, 0.25) is 11.6 Å². The highest BCUT2D eigenvalue weighted by Gasteiger charge is 2.19. The van der Waals surface area contributed by atoms with Crippen LogP contribution >= 0.6 is 0 Å². The van der Waals surface area contributed by atoms with Crippen LogP contribution in [0.3, 0.4) is 0 Å². The van der Waals surface area contributed by atoms with Gasteiger partial charge in [-0.3, -0.25) is 0 Å². The van der Waals surface area contributed by atoms with Gasteiger partial charge in [-0.2, -0.15) is 4.40 Å². The van der Waals surface area contributed by atoms with E-state index in [4.69, 9.17) is 4.98 Å². The van der Waals surface area contributed by atoms with Crippen LogP contribution in [0.4, 0.5) is 5.82 Å². The van der Waals surface area contributed by atoms with Crippen LogP contribution in [-0.4, -0.2) is 21.2 Å². The smallest absolute Gasteiger partial charge is 0.349 e. The fraction of sp³-hybridized carbons (Fsp3) is 0.357. The summed E-state index contributed by atoms with van der Waals surface area (Å²) in [6.07, 6.45) is 1.05. The second-order valence-electron chi connectivity index (χ2n) is 4.87. The third-order valence-corrected chi connectivity index (χ3v) is 3.43. The highest BCUT2D eigenvalue weighted by atomic mass is 15.3. The zero-order valence-corrected chi connectivity index (χ0v) is 11.4. The Balaban J connectivity index is 2.31. The minimum atomic E-state index is 0.370. The molecule has 5 nitrogen and oxygen atoms in total. The molecular weight excluding hydrogens is 238 g/mol. The second-order valence-corrected chi connectivity index (χ2v) is 4.87. The maximum atomic E-state index is 4.69. The monoisotopic (exact) mass is 256 g/mol. The van der Waals surface area contributed by atoms with Crippen LogP contribution in [0.5, 0.6) is 0 Å². The molecule has 3 rings (SSSR count). The van der Waals surface area contributed by atoms with E-state index in [0.717, 1.165) is 34.7 Å². The molecule has 0 bridgehead atoms. The van der Waals surface area contributed by atoms with E-state index in [9.17, 15) is 0 Å². The lowest BCUT2D eigenvalue weighted by atomic mass is 10.2. The Morgan fingerprint density at radius 3 is 2.95 bits per heavy atom. The number of hydrogen-bond acceptors (Lipinski definition) is 3. The highest BCUT2D eigenvalue weighted by Crippen LogP contribution is 2.16. The standard InChI is InChI=1S/C14H17N5/c1-4-9(2)15-13-14-18-17-10(3)19(14)12-8-6-5-7-11(12)16-13/h5-9H,4H2,1-3H3,(H,15,16)/p+1/t9-/m1/s1. The molecule has 0 radical (unpaired) electrons. The van der Waals surface area contributed by atoms with Crippen molar-refractivity contribution in [1.82, 2.24) is 15.2 Å². The molecule has 5 heteroatoms. The zero-order chi connectivity index (χ0) is 13.4. The van der Waals surface area contributed by atoms with Gasteiger partial charge in [-0.25, -0.2) is 4.98 Å². The molecule has 0 fully saturated rings. The van der Waals surface area contributed by atoms with E-state index in [1.165, 1.54) is 0 Å². The molecule has 0 saturated carbocycles. The molecule has 0 aliphatic carbocycles. The summed E-state index contributed by atoms with van der Waals surface area (Å²) in [6, 6.07) is 8.48. The van der Waals surface area contributed by atoms with Crippen molar-refractivity contribution in [2.24, 2.45) is 0 Å². The fourth-order valence-electron chi connectivity index (χ4n) is 2.20. The van der Waals surface area contributed by atoms with Crippen LogP contribution in [-0.2, 0) is 0 Å². The fourth-order valence-corrected chi connectivity index (χ4v) is 2.20. The molecule has 0 unspecified atom stereocenters. The highest BCUT2D eigenvalue weighted by molar-refractivity contribution is 5.76. The first kappa shape index (κ1) is 11.9. The van der Waals surface area contributed by atoms with Gasteiger partial charge in [0.25, 0.3) is 0 Å². The third kappa shape index (κ3) is 1.91. The summed E-state index contributed by atoms with van der Waals surface area (Å²) in [5, 5.41) is 10.8. The summed E-state index contributed by atoms with van der Waals surface area (Å²) >= 11 is 0. The van der Waals surface area contributed by atoms with E-state index in [1.807, 2.05) is 25.1 Å². The summed E-state index contributed by atoms with van der Waals surface area (Å²) in [5.74, 6) is 1.83. The SMILES string of the molecule is CC[C@@H](C)Nc1nc2ccccc2[n+]2c(C)[nH]nc12. The molecule has 1 aromatic carbocycles. The third-order valence-electron chi connectivity index (χ3n) is 3.43. The van der Waals surface area contributed by atoms with E-state index in [0.29, 0.717) is 6.04 Å². The largest absolute Gasteiger partial charge is 0.362 e. The van der Waals surface area contributed by atoms with Gasteiger partial charge in [0.15, 0.2) is 0 Å². The molecule has 0 aliphatic rings. The molecule has 1 atom stereocenters. The van der Waals surface area contributed by atoms with Crippen molar-refractivity contribution in [3.05, 3.63) is 30.1 Å². The number of nitrogens with zero attached hydrogens (tertiary/aromatic N) is 3. The quantitative estimate of drug-likeness (QED) is 0.706. The second kappa shape index (κ2) is 4.50. The summed E-state index contributed by atoms with van der Waals surface area (Å²) in [7, 11) is 0. The van der Waals surface area contributed by atoms with Crippen molar-refractivity contribution in [2.45, 2.75) is 33.2 Å². The number of H-pyrrole nitrogens is 1. The van der Waals surface area contributed by atoms with E-state index in [2.05, 4.69) is 39.8 Å². The predicted molar refractivity (Wildman–Crippen MR) is 75.2 cm³/mol. The van der Waals surface area contributed by atoms with Crippen molar-refractivity contribution in [3.8, 4) is 0 Å². The number of nitrogens with one attached hydrogen (secondary N) is 2. The number of aromatic amines is 1. The summed E-state index contributed by atoms with van der Waals surface area (Å²) in [5.41, 5.74) is 2.88. The number of anilines is 1. The van der Waals surface area contributed by atoms with Crippen LogP contribution in [0.1, 0.15) is 26.1 Å². The van der Waals surface area contributed by atoms with Gasteiger partial charge in [0.1, 0.15) is 11.0 Å². The van der Waals surface area contributed by atoms with Gasteiger partial charge < -0.3 is 5.32 Å². The molecule has 0 amide bonds. The first-order chi connectivity index (χ1) is 9.20. The van der Waals surface area contributed by atoms with Crippen molar-refractivity contribution in [1.29, 1.82) is 0 Å². The molecule has 0 spiro atoms. The van der Waals surface area contributed by atoms with E-state index in [-0.39, 0.29) is 0 Å². The molecule has 0 saturated heterocycles. The number of para-hydroxylation sites is 2. The minimum Gasteiger partial charge on any atom is -0.362 e. The van der Waals surface area contributed by atoms with Gasteiger partial charge in [0, 0.05) is 18.1 Å². The summed E-state index contributed by atoms with van der Waals surface area (Å²) in [6.45, 7) is 6.31. The maximum Gasteiger partial charge on any atom is 0.349 e. The molecule has 19 heavy (non-hydrogen) atoms. The molecule has 98 valence electrons. The van der Waals surface area contributed by atoms with Crippen molar-refractivity contribution < 1.29 is 4.40 Å². The Morgan fingerprint density at radius 2 is 2.16 bits per heavy atom.